The number of hydrogen-bond acceptors (Lipinski definition) is 5. The summed E-state index contributed by atoms with van der Waals surface area (Å²) in [6.45, 7) is 3.29. The Kier molecular flexibility index (Phi) is 6.99. The Balaban J connectivity index is 2.09. The van der Waals surface area contributed by atoms with Gasteiger partial charge in [0, 0.05) is 17.3 Å². The van der Waals surface area contributed by atoms with Crippen LogP contribution in [0.2, 0.25) is 10.0 Å². The predicted molar refractivity (Wildman–Crippen MR) is 102 cm³/mol. The molecule has 0 radical (unpaired) electrons. The van der Waals surface area contributed by atoms with E-state index in [-0.39, 0.29) is 5.91 Å². The number of rotatable bonds is 7. The molecule has 0 unspecified atom stereocenters. The second-order valence-electron chi connectivity index (χ2n) is 5.88. The van der Waals surface area contributed by atoms with Crippen LogP contribution in [0.25, 0.3) is 0 Å². The van der Waals surface area contributed by atoms with Crippen LogP contribution in [0.1, 0.15) is 22.6 Å². The molecule has 0 saturated heterocycles. The lowest BCUT2D eigenvalue weighted by Gasteiger charge is -2.11. The number of nitrogens with one attached hydrogen (secondary N) is 2. The molecule has 0 aliphatic heterocycles. The van der Waals surface area contributed by atoms with Crippen molar-refractivity contribution in [3.63, 3.8) is 0 Å². The van der Waals surface area contributed by atoms with Gasteiger partial charge in [0.25, 0.3) is 5.91 Å². The van der Waals surface area contributed by atoms with E-state index in [4.69, 9.17) is 23.2 Å². The van der Waals surface area contributed by atoms with Gasteiger partial charge >= 0.3 is 0 Å². The molecule has 2 rings (SSSR count). The Morgan fingerprint density at radius 2 is 1.96 bits per heavy atom. The standard InChI is InChI=1S/C17H21Cl2N5O/c1-11-9-15(16(25)20-7-4-8-24(2)3)23-17(21-11)22-14-10-12(18)5-6-13(14)19/h5-6,9-10H,4,7-8H2,1-3H3,(H,20,25)(H,21,22,23). The fraction of sp³-hybridized carbons (Fsp3) is 0.353. The van der Waals surface area contributed by atoms with E-state index in [0.29, 0.717) is 39.6 Å². The molecule has 1 heterocycles. The van der Waals surface area contributed by atoms with Crippen LogP contribution in [0.4, 0.5) is 11.6 Å². The highest BCUT2D eigenvalue weighted by Gasteiger charge is 2.11. The van der Waals surface area contributed by atoms with E-state index in [2.05, 4.69) is 25.5 Å². The van der Waals surface area contributed by atoms with Gasteiger partial charge in [0.15, 0.2) is 0 Å². The molecule has 0 saturated carbocycles. The summed E-state index contributed by atoms with van der Waals surface area (Å²) in [7, 11) is 3.99. The number of carbonyl (C=O) groups excluding carboxylic acids is 1. The third-order valence-corrected chi connectivity index (χ3v) is 3.89. The number of anilines is 2. The molecular weight excluding hydrogens is 361 g/mol. The van der Waals surface area contributed by atoms with Crippen molar-refractivity contribution < 1.29 is 4.79 Å². The molecule has 25 heavy (non-hydrogen) atoms. The fourth-order valence-corrected chi connectivity index (χ4v) is 2.48. The maximum atomic E-state index is 12.3. The van der Waals surface area contributed by atoms with Crippen LogP contribution in [-0.2, 0) is 0 Å². The highest BCUT2D eigenvalue weighted by Crippen LogP contribution is 2.27. The molecule has 0 bridgehead atoms. The van der Waals surface area contributed by atoms with Gasteiger partial charge in [-0.15, -0.1) is 0 Å². The molecule has 1 amide bonds. The summed E-state index contributed by atoms with van der Waals surface area (Å²) in [5, 5.41) is 6.90. The average molecular weight is 382 g/mol. The molecule has 0 atom stereocenters. The fourth-order valence-electron chi connectivity index (χ4n) is 2.14. The van der Waals surface area contributed by atoms with Gasteiger partial charge in [0.05, 0.1) is 10.7 Å². The summed E-state index contributed by atoms with van der Waals surface area (Å²) in [5.41, 5.74) is 1.56. The van der Waals surface area contributed by atoms with Gasteiger partial charge in [-0.1, -0.05) is 23.2 Å². The van der Waals surface area contributed by atoms with Gasteiger partial charge in [0.2, 0.25) is 5.95 Å². The number of nitrogens with zero attached hydrogens (tertiary/aromatic N) is 3. The van der Waals surface area contributed by atoms with Crippen molar-refractivity contribution in [2.75, 3.05) is 32.5 Å². The van der Waals surface area contributed by atoms with Gasteiger partial charge in [-0.2, -0.15) is 0 Å². The van der Waals surface area contributed by atoms with Gasteiger partial charge < -0.3 is 15.5 Å². The van der Waals surface area contributed by atoms with Gasteiger partial charge in [-0.05, 0) is 58.3 Å². The number of aryl methyl sites for hydroxylation is 1. The number of benzene rings is 1. The molecule has 8 heteroatoms. The largest absolute Gasteiger partial charge is 0.351 e. The SMILES string of the molecule is Cc1cc(C(=O)NCCCN(C)C)nc(Nc2cc(Cl)ccc2Cl)n1. The predicted octanol–water partition coefficient (Wildman–Crippen LogP) is 3.52. The Bertz CT molecular complexity index is 752. The van der Waals surface area contributed by atoms with E-state index in [1.54, 1.807) is 31.2 Å². The van der Waals surface area contributed by atoms with Crippen LogP contribution in [0.3, 0.4) is 0 Å². The van der Waals surface area contributed by atoms with Crippen molar-refractivity contribution in [2.45, 2.75) is 13.3 Å². The van der Waals surface area contributed by atoms with Crippen molar-refractivity contribution in [3.05, 3.63) is 45.7 Å². The first kappa shape index (κ1) is 19.4. The van der Waals surface area contributed by atoms with Crippen LogP contribution < -0.4 is 10.6 Å². The summed E-state index contributed by atoms with van der Waals surface area (Å²) >= 11 is 12.1. The lowest BCUT2D eigenvalue weighted by atomic mass is 10.3. The molecule has 0 aliphatic carbocycles. The minimum absolute atomic E-state index is 0.232. The molecule has 1 aromatic heterocycles. The third-order valence-electron chi connectivity index (χ3n) is 3.33. The Morgan fingerprint density at radius 1 is 1.20 bits per heavy atom. The monoisotopic (exact) mass is 381 g/mol. The van der Waals surface area contributed by atoms with Crippen LogP contribution in [0.15, 0.2) is 24.3 Å². The van der Waals surface area contributed by atoms with E-state index >= 15 is 0 Å². The molecule has 2 aromatic rings. The minimum Gasteiger partial charge on any atom is -0.351 e. The number of amides is 1. The highest BCUT2D eigenvalue weighted by molar-refractivity contribution is 6.35. The summed E-state index contributed by atoms with van der Waals surface area (Å²) in [5.74, 6) is 0.0621. The van der Waals surface area contributed by atoms with E-state index in [1.807, 2.05) is 14.1 Å². The molecule has 6 nitrogen and oxygen atoms in total. The van der Waals surface area contributed by atoms with Crippen molar-refractivity contribution in [1.82, 2.24) is 20.2 Å². The first-order chi connectivity index (χ1) is 11.8. The van der Waals surface area contributed by atoms with E-state index < -0.39 is 0 Å². The molecule has 134 valence electrons. The second-order valence-corrected chi connectivity index (χ2v) is 6.72. The molecule has 0 fully saturated rings. The zero-order chi connectivity index (χ0) is 18.4. The zero-order valence-corrected chi connectivity index (χ0v) is 15.9. The molecule has 0 aliphatic rings. The van der Waals surface area contributed by atoms with E-state index in [1.165, 1.54) is 0 Å². The van der Waals surface area contributed by atoms with E-state index in [9.17, 15) is 4.79 Å². The Labute approximate surface area is 157 Å². The summed E-state index contributed by atoms with van der Waals surface area (Å²) in [4.78, 5) is 22.9. The molecule has 2 N–H and O–H groups in total. The Morgan fingerprint density at radius 3 is 2.68 bits per heavy atom. The summed E-state index contributed by atoms with van der Waals surface area (Å²) in [6.07, 6.45) is 0.867. The van der Waals surface area contributed by atoms with Gasteiger partial charge in [0.1, 0.15) is 5.69 Å². The Hall–Kier alpha value is -1.89. The topological polar surface area (TPSA) is 70.2 Å². The smallest absolute Gasteiger partial charge is 0.270 e. The van der Waals surface area contributed by atoms with Crippen molar-refractivity contribution >= 4 is 40.7 Å². The maximum Gasteiger partial charge on any atom is 0.270 e. The number of aromatic nitrogens is 2. The number of hydrogen-bond donors (Lipinski definition) is 2. The lowest BCUT2D eigenvalue weighted by Crippen LogP contribution is -2.28. The van der Waals surface area contributed by atoms with Gasteiger partial charge in [-0.3, -0.25) is 4.79 Å². The summed E-state index contributed by atoms with van der Waals surface area (Å²) < 4.78 is 0. The molecular formula is C17H21Cl2N5O. The van der Waals surface area contributed by atoms with Crippen LogP contribution in [0.5, 0.6) is 0 Å². The van der Waals surface area contributed by atoms with Crippen molar-refractivity contribution in [2.24, 2.45) is 0 Å². The molecule has 0 spiro atoms. The average Bonchev–Trinajstić information content (AvgIpc) is 2.54. The molecule has 1 aromatic carbocycles. The maximum absolute atomic E-state index is 12.3. The van der Waals surface area contributed by atoms with Crippen LogP contribution >= 0.6 is 23.2 Å². The van der Waals surface area contributed by atoms with Crippen molar-refractivity contribution in [3.8, 4) is 0 Å². The normalized spacial score (nSPS) is 10.8. The highest BCUT2D eigenvalue weighted by atomic mass is 35.5. The van der Waals surface area contributed by atoms with Crippen molar-refractivity contribution in [1.29, 1.82) is 0 Å². The first-order valence-corrected chi connectivity index (χ1v) is 8.61. The third kappa shape index (κ3) is 6.16. The minimum atomic E-state index is -0.232. The first-order valence-electron chi connectivity index (χ1n) is 7.86. The van der Waals surface area contributed by atoms with Crippen LogP contribution in [-0.4, -0.2) is 48.0 Å². The van der Waals surface area contributed by atoms with Crippen LogP contribution in [0, 0.1) is 6.92 Å². The lowest BCUT2D eigenvalue weighted by molar-refractivity contribution is 0.0947. The summed E-state index contributed by atoms with van der Waals surface area (Å²) in [6, 6.07) is 6.70. The zero-order valence-electron chi connectivity index (χ0n) is 14.4. The number of carbonyl (C=O) groups is 1. The second kappa shape index (κ2) is 8.99. The van der Waals surface area contributed by atoms with E-state index in [0.717, 1.165) is 13.0 Å². The van der Waals surface area contributed by atoms with Gasteiger partial charge in [-0.25, -0.2) is 9.97 Å². The number of halogens is 2. The quantitative estimate of drug-likeness (QED) is 0.718.